The van der Waals surface area contributed by atoms with E-state index < -0.39 is 0 Å². The molecule has 0 radical (unpaired) electrons. The second-order valence-corrected chi connectivity index (χ2v) is 12.8. The molecule has 0 amide bonds. The zero-order valence-corrected chi connectivity index (χ0v) is 26.5. The second-order valence-electron chi connectivity index (χ2n) is 12.8. The van der Waals surface area contributed by atoms with Crippen LogP contribution in [0.5, 0.6) is 0 Å². The maximum absolute atomic E-state index is 6.21. The van der Waals surface area contributed by atoms with E-state index in [-0.39, 0.29) is 5.92 Å². The molecule has 0 spiro atoms. The lowest BCUT2D eigenvalue weighted by Crippen LogP contribution is -2.12. The van der Waals surface area contributed by atoms with Crippen molar-refractivity contribution in [1.29, 1.82) is 0 Å². The Morgan fingerprint density at radius 1 is 0.510 bits per heavy atom. The summed E-state index contributed by atoms with van der Waals surface area (Å²) in [4.78, 5) is 15.3. The molecule has 1 unspecified atom stereocenters. The Morgan fingerprint density at radius 2 is 1.24 bits per heavy atom. The van der Waals surface area contributed by atoms with Gasteiger partial charge in [0.1, 0.15) is 17.0 Å². The monoisotopic (exact) mass is 627 g/mol. The number of rotatable bonds is 4. The van der Waals surface area contributed by atoms with Crippen molar-refractivity contribution in [2.45, 2.75) is 12.3 Å². The molecule has 49 heavy (non-hydrogen) atoms. The number of nitrogens with zero attached hydrogens (tertiary/aromatic N) is 3. The molecule has 0 saturated carbocycles. The summed E-state index contributed by atoms with van der Waals surface area (Å²) in [5, 5.41) is 7.16. The van der Waals surface area contributed by atoms with Crippen LogP contribution >= 0.6 is 0 Å². The van der Waals surface area contributed by atoms with Gasteiger partial charge in [-0.15, -0.1) is 0 Å². The van der Waals surface area contributed by atoms with Gasteiger partial charge in [0.15, 0.2) is 11.6 Å². The summed E-state index contributed by atoms with van der Waals surface area (Å²) < 4.78 is 6.21. The van der Waals surface area contributed by atoms with Gasteiger partial charge in [-0.1, -0.05) is 140 Å². The average molecular weight is 628 g/mol. The molecule has 230 valence electrons. The van der Waals surface area contributed by atoms with Crippen LogP contribution in [0.2, 0.25) is 0 Å². The van der Waals surface area contributed by atoms with E-state index in [0.29, 0.717) is 11.6 Å². The highest BCUT2D eigenvalue weighted by molar-refractivity contribution is 6.12. The lowest BCUT2D eigenvalue weighted by atomic mass is 9.86. The van der Waals surface area contributed by atoms with Crippen molar-refractivity contribution in [2.75, 3.05) is 0 Å². The van der Waals surface area contributed by atoms with E-state index in [0.717, 1.165) is 45.3 Å². The first-order valence-electron chi connectivity index (χ1n) is 16.7. The smallest absolute Gasteiger partial charge is 0.163 e. The molecule has 0 bridgehead atoms. The Kier molecular flexibility index (Phi) is 6.28. The number of fused-ring (bicyclic) bond motifs is 7. The van der Waals surface area contributed by atoms with Gasteiger partial charge in [0.2, 0.25) is 0 Å². The summed E-state index contributed by atoms with van der Waals surface area (Å²) in [5.41, 5.74) is 8.62. The van der Waals surface area contributed by atoms with Crippen molar-refractivity contribution in [3.63, 3.8) is 0 Å². The Hall–Kier alpha value is -6.39. The fraction of sp³-hybridized carbons (Fsp3) is 0.0444. The third-order valence-corrected chi connectivity index (χ3v) is 9.82. The number of furan rings is 1. The van der Waals surface area contributed by atoms with Crippen LogP contribution < -0.4 is 0 Å². The zero-order chi connectivity index (χ0) is 32.3. The van der Waals surface area contributed by atoms with Gasteiger partial charge < -0.3 is 4.42 Å². The number of para-hydroxylation sites is 1. The maximum atomic E-state index is 6.21. The molecular weight excluding hydrogens is 599 g/mol. The third-order valence-electron chi connectivity index (χ3n) is 9.82. The molecule has 2 aromatic heterocycles. The molecule has 9 aromatic rings. The molecule has 1 aliphatic carbocycles. The van der Waals surface area contributed by atoms with Gasteiger partial charge in [-0.2, -0.15) is 0 Å². The largest absolute Gasteiger partial charge is 0.456 e. The standard InChI is InChI=1S/C45H29N3O/c1-2-10-30(11-3-1)43-46-44(48-45(47-43)34-23-24-37-31(25-34)21-19-29-9-4-5-12-36(29)37)33-22-18-28-17-20-32(26-35(28)27-33)38-14-8-16-41-42(38)39-13-6-7-15-40(39)49-41/h1-26,33H,27H2. The highest BCUT2D eigenvalue weighted by atomic mass is 16.3. The molecule has 1 aliphatic rings. The fourth-order valence-electron chi connectivity index (χ4n) is 7.39. The summed E-state index contributed by atoms with van der Waals surface area (Å²) in [6.07, 6.45) is 5.25. The van der Waals surface area contributed by atoms with Crippen LogP contribution in [-0.4, -0.2) is 15.0 Å². The molecule has 0 aliphatic heterocycles. The number of hydrogen-bond acceptors (Lipinski definition) is 4. The lowest BCUT2D eigenvalue weighted by molar-refractivity contribution is 0.669. The zero-order valence-electron chi connectivity index (χ0n) is 26.5. The molecule has 4 heteroatoms. The molecule has 7 aromatic carbocycles. The van der Waals surface area contributed by atoms with Crippen LogP contribution in [0, 0.1) is 0 Å². The minimum absolute atomic E-state index is 0.00177. The van der Waals surface area contributed by atoms with Crippen molar-refractivity contribution < 1.29 is 4.42 Å². The Labute approximate surface area is 283 Å². The first-order valence-corrected chi connectivity index (χ1v) is 16.7. The topological polar surface area (TPSA) is 51.8 Å². The van der Waals surface area contributed by atoms with Crippen molar-refractivity contribution in [3.05, 3.63) is 169 Å². The van der Waals surface area contributed by atoms with Crippen molar-refractivity contribution in [3.8, 4) is 33.9 Å². The van der Waals surface area contributed by atoms with Crippen LogP contribution in [0.3, 0.4) is 0 Å². The molecule has 0 fully saturated rings. The van der Waals surface area contributed by atoms with Gasteiger partial charge in [-0.05, 0) is 68.4 Å². The summed E-state index contributed by atoms with van der Waals surface area (Å²) in [5.74, 6) is 2.15. The Morgan fingerprint density at radius 3 is 2.16 bits per heavy atom. The predicted octanol–water partition coefficient (Wildman–Crippen LogP) is 11.4. The van der Waals surface area contributed by atoms with Gasteiger partial charge in [-0.25, -0.2) is 15.0 Å². The van der Waals surface area contributed by atoms with Crippen LogP contribution in [0.1, 0.15) is 22.9 Å². The number of allylic oxidation sites excluding steroid dienone is 1. The Balaban J connectivity index is 1.06. The fourth-order valence-corrected chi connectivity index (χ4v) is 7.39. The first-order chi connectivity index (χ1) is 24.2. The van der Waals surface area contributed by atoms with Crippen LogP contribution in [0.25, 0.3) is 83.5 Å². The molecular formula is C45H29N3O. The summed E-state index contributed by atoms with van der Waals surface area (Å²) >= 11 is 0. The van der Waals surface area contributed by atoms with Gasteiger partial charge >= 0.3 is 0 Å². The van der Waals surface area contributed by atoms with Crippen LogP contribution in [0.15, 0.2) is 156 Å². The van der Waals surface area contributed by atoms with E-state index in [2.05, 4.69) is 127 Å². The SMILES string of the molecule is C1=CC(c2nc(-c3ccccc3)nc(-c3ccc4c(ccc5ccccc54)c3)n2)Cc2cc(-c3cccc4oc5ccccc5c34)ccc21. The van der Waals surface area contributed by atoms with Gasteiger partial charge in [0.25, 0.3) is 0 Å². The van der Waals surface area contributed by atoms with E-state index in [4.69, 9.17) is 19.4 Å². The number of benzene rings is 7. The predicted molar refractivity (Wildman–Crippen MR) is 200 cm³/mol. The van der Waals surface area contributed by atoms with Gasteiger partial charge in [0.05, 0.1) is 0 Å². The second kappa shape index (κ2) is 11.1. The number of hydrogen-bond donors (Lipinski definition) is 0. The van der Waals surface area contributed by atoms with E-state index >= 15 is 0 Å². The third kappa shape index (κ3) is 4.72. The summed E-state index contributed by atoms with van der Waals surface area (Å²) in [7, 11) is 0. The molecule has 4 nitrogen and oxygen atoms in total. The van der Waals surface area contributed by atoms with Crippen molar-refractivity contribution >= 4 is 49.6 Å². The number of aromatic nitrogens is 3. The molecule has 1 atom stereocenters. The summed E-state index contributed by atoms with van der Waals surface area (Å²) in [6, 6.07) is 51.0. The molecule has 0 saturated heterocycles. The molecule has 10 rings (SSSR count). The first kappa shape index (κ1) is 27.7. The van der Waals surface area contributed by atoms with Crippen LogP contribution in [0.4, 0.5) is 0 Å². The lowest BCUT2D eigenvalue weighted by Gasteiger charge is -2.20. The molecule has 0 N–H and O–H groups in total. The van der Waals surface area contributed by atoms with Gasteiger partial charge in [-0.3, -0.25) is 0 Å². The highest BCUT2D eigenvalue weighted by Crippen LogP contribution is 2.39. The highest BCUT2D eigenvalue weighted by Gasteiger charge is 2.22. The van der Waals surface area contributed by atoms with Gasteiger partial charge in [0, 0.05) is 27.8 Å². The minimum Gasteiger partial charge on any atom is -0.456 e. The van der Waals surface area contributed by atoms with E-state index in [1.807, 2.05) is 30.3 Å². The van der Waals surface area contributed by atoms with Crippen molar-refractivity contribution in [1.82, 2.24) is 15.0 Å². The van der Waals surface area contributed by atoms with Crippen molar-refractivity contribution in [2.24, 2.45) is 0 Å². The van der Waals surface area contributed by atoms with E-state index in [1.165, 1.54) is 43.8 Å². The average Bonchev–Trinajstić information content (AvgIpc) is 3.56. The van der Waals surface area contributed by atoms with E-state index in [1.54, 1.807) is 0 Å². The minimum atomic E-state index is 0.00177. The Bertz CT molecular complexity index is 2760. The summed E-state index contributed by atoms with van der Waals surface area (Å²) in [6.45, 7) is 0. The maximum Gasteiger partial charge on any atom is 0.163 e. The normalized spacial score (nSPS) is 14.2. The van der Waals surface area contributed by atoms with E-state index in [9.17, 15) is 0 Å². The quantitative estimate of drug-likeness (QED) is 0.182. The van der Waals surface area contributed by atoms with Crippen LogP contribution in [-0.2, 0) is 6.42 Å². The molecule has 2 heterocycles.